The van der Waals surface area contributed by atoms with E-state index < -0.39 is 0 Å². The molecular weight excluding hydrogens is 327 g/mol. The fraction of sp³-hybridized carbons (Fsp3) is 0.632. The molecule has 3 nitrogen and oxygen atoms in total. The van der Waals surface area contributed by atoms with Gasteiger partial charge in [-0.15, -0.1) is 12.4 Å². The quantitative estimate of drug-likeness (QED) is 0.858. The van der Waals surface area contributed by atoms with E-state index in [9.17, 15) is 9.18 Å². The molecule has 24 heavy (non-hydrogen) atoms. The molecule has 1 saturated heterocycles. The van der Waals surface area contributed by atoms with Crippen LogP contribution < -0.4 is 10.6 Å². The molecule has 1 aromatic carbocycles. The van der Waals surface area contributed by atoms with Crippen molar-refractivity contribution in [3.8, 4) is 0 Å². The molecule has 2 N–H and O–H groups in total. The van der Waals surface area contributed by atoms with E-state index in [0.29, 0.717) is 12.0 Å². The smallest absolute Gasteiger partial charge is 0.223 e. The molecule has 1 aliphatic heterocycles. The molecule has 1 aliphatic carbocycles. The van der Waals surface area contributed by atoms with Gasteiger partial charge in [0.15, 0.2) is 0 Å². The summed E-state index contributed by atoms with van der Waals surface area (Å²) in [4.78, 5) is 12.7. The lowest BCUT2D eigenvalue weighted by molar-refractivity contribution is -0.127. The van der Waals surface area contributed by atoms with Gasteiger partial charge in [0.1, 0.15) is 5.82 Å². The van der Waals surface area contributed by atoms with Gasteiger partial charge in [0.25, 0.3) is 0 Å². The van der Waals surface area contributed by atoms with Crippen LogP contribution in [0.5, 0.6) is 0 Å². The fourth-order valence-corrected chi connectivity index (χ4v) is 4.11. The van der Waals surface area contributed by atoms with Crippen molar-refractivity contribution in [2.45, 2.75) is 57.5 Å². The largest absolute Gasteiger partial charge is 0.349 e. The maximum Gasteiger partial charge on any atom is 0.223 e. The third-order valence-electron chi connectivity index (χ3n) is 5.37. The van der Waals surface area contributed by atoms with Crippen LogP contribution in [0.15, 0.2) is 24.3 Å². The van der Waals surface area contributed by atoms with Gasteiger partial charge in [-0.3, -0.25) is 4.79 Å². The van der Waals surface area contributed by atoms with Crippen molar-refractivity contribution in [3.05, 3.63) is 35.6 Å². The van der Waals surface area contributed by atoms with Crippen molar-refractivity contribution >= 4 is 18.3 Å². The molecule has 3 rings (SSSR count). The van der Waals surface area contributed by atoms with Crippen LogP contribution in [-0.4, -0.2) is 18.5 Å². The third-order valence-corrected chi connectivity index (χ3v) is 5.37. The highest BCUT2D eigenvalue weighted by molar-refractivity contribution is 5.85. The molecule has 5 heteroatoms. The predicted octanol–water partition coefficient (Wildman–Crippen LogP) is 3.98. The van der Waals surface area contributed by atoms with Crippen LogP contribution in [0.4, 0.5) is 4.39 Å². The number of halogens is 2. The van der Waals surface area contributed by atoms with E-state index in [1.54, 1.807) is 12.1 Å². The second-order valence-electron chi connectivity index (χ2n) is 7.16. The van der Waals surface area contributed by atoms with E-state index in [4.69, 9.17) is 0 Å². The zero-order chi connectivity index (χ0) is 16.2. The van der Waals surface area contributed by atoms with Crippen LogP contribution in [0.2, 0.25) is 0 Å². The Kier molecular flexibility index (Phi) is 7.05. The molecule has 0 aromatic heterocycles. The summed E-state index contributed by atoms with van der Waals surface area (Å²) in [6, 6.07) is 7.06. The number of rotatable bonds is 4. The second-order valence-corrected chi connectivity index (χ2v) is 7.16. The Morgan fingerprint density at radius 2 is 2.04 bits per heavy atom. The summed E-state index contributed by atoms with van der Waals surface area (Å²) in [5.74, 6) is 0.415. The Hall–Kier alpha value is -1.13. The minimum absolute atomic E-state index is 0. The first-order valence-corrected chi connectivity index (χ1v) is 8.92. The van der Waals surface area contributed by atoms with Crippen molar-refractivity contribution in [2.75, 3.05) is 6.54 Å². The number of benzene rings is 1. The molecule has 3 atom stereocenters. The van der Waals surface area contributed by atoms with Crippen LogP contribution >= 0.6 is 12.4 Å². The van der Waals surface area contributed by atoms with Crippen molar-refractivity contribution in [1.29, 1.82) is 0 Å². The number of hydrogen-bond donors (Lipinski definition) is 2. The van der Waals surface area contributed by atoms with Crippen LogP contribution in [-0.2, 0) is 4.79 Å². The summed E-state index contributed by atoms with van der Waals surface area (Å²) in [5.41, 5.74) is 0.909. The summed E-state index contributed by atoms with van der Waals surface area (Å²) in [6.07, 6.45) is 6.41. The van der Waals surface area contributed by atoms with Gasteiger partial charge in [0, 0.05) is 12.0 Å². The SMILES string of the molecule is C[C@H]1C[C@@H](C(=O)NC(c2cccc(F)c2)C2CCCC2)CCN1.Cl. The number of piperidine rings is 1. The second kappa shape index (κ2) is 8.82. The molecule has 1 saturated carbocycles. The lowest BCUT2D eigenvalue weighted by atomic mass is 9.88. The van der Waals surface area contributed by atoms with E-state index in [0.717, 1.165) is 37.8 Å². The highest BCUT2D eigenvalue weighted by atomic mass is 35.5. The van der Waals surface area contributed by atoms with Crippen molar-refractivity contribution < 1.29 is 9.18 Å². The summed E-state index contributed by atoms with van der Waals surface area (Å²) >= 11 is 0. The molecule has 1 amide bonds. The van der Waals surface area contributed by atoms with E-state index in [1.807, 2.05) is 6.07 Å². The Morgan fingerprint density at radius 3 is 2.71 bits per heavy atom. The summed E-state index contributed by atoms with van der Waals surface area (Å²) in [5, 5.41) is 6.64. The molecule has 1 unspecified atom stereocenters. The first-order chi connectivity index (χ1) is 11.1. The Balaban J connectivity index is 0.00000208. The monoisotopic (exact) mass is 354 g/mol. The Morgan fingerprint density at radius 1 is 1.29 bits per heavy atom. The highest BCUT2D eigenvalue weighted by Gasteiger charge is 2.31. The number of amides is 1. The van der Waals surface area contributed by atoms with Gasteiger partial charge in [-0.2, -0.15) is 0 Å². The van der Waals surface area contributed by atoms with E-state index >= 15 is 0 Å². The summed E-state index contributed by atoms with van der Waals surface area (Å²) in [6.45, 7) is 3.02. The van der Waals surface area contributed by atoms with E-state index in [2.05, 4.69) is 17.6 Å². The zero-order valence-corrected chi connectivity index (χ0v) is 15.1. The number of nitrogens with one attached hydrogen (secondary N) is 2. The number of hydrogen-bond acceptors (Lipinski definition) is 2. The molecule has 2 fully saturated rings. The lowest BCUT2D eigenvalue weighted by Gasteiger charge is -2.31. The minimum atomic E-state index is -0.227. The van der Waals surface area contributed by atoms with Gasteiger partial charge in [-0.25, -0.2) is 4.39 Å². The minimum Gasteiger partial charge on any atom is -0.349 e. The van der Waals surface area contributed by atoms with E-state index in [1.165, 1.54) is 18.9 Å². The molecule has 134 valence electrons. The molecule has 0 radical (unpaired) electrons. The number of carbonyl (C=O) groups is 1. The standard InChI is InChI=1S/C19H27FN2O.ClH/c1-13-11-16(9-10-21-13)19(23)22-18(14-5-2-3-6-14)15-7-4-8-17(20)12-15;/h4,7-8,12-14,16,18,21H,2-3,5-6,9-11H2,1H3,(H,22,23);1H/t13-,16-,18?;/m0./s1. The van der Waals surface area contributed by atoms with Crippen molar-refractivity contribution in [1.82, 2.24) is 10.6 Å². The fourth-order valence-electron chi connectivity index (χ4n) is 4.11. The molecule has 0 bridgehead atoms. The van der Waals surface area contributed by atoms with Crippen LogP contribution in [0.1, 0.15) is 57.1 Å². The van der Waals surface area contributed by atoms with Crippen molar-refractivity contribution in [3.63, 3.8) is 0 Å². The topological polar surface area (TPSA) is 41.1 Å². The predicted molar refractivity (Wildman–Crippen MR) is 96.7 cm³/mol. The van der Waals surface area contributed by atoms with Gasteiger partial charge in [-0.1, -0.05) is 25.0 Å². The average Bonchev–Trinajstić information content (AvgIpc) is 3.06. The molecule has 0 spiro atoms. The summed E-state index contributed by atoms with van der Waals surface area (Å²) < 4.78 is 13.6. The summed E-state index contributed by atoms with van der Waals surface area (Å²) in [7, 11) is 0. The normalized spacial score (nSPS) is 25.8. The van der Waals surface area contributed by atoms with Crippen LogP contribution in [0, 0.1) is 17.7 Å². The Labute approximate surface area is 150 Å². The Bertz CT molecular complexity index is 548. The van der Waals surface area contributed by atoms with Gasteiger partial charge >= 0.3 is 0 Å². The maximum atomic E-state index is 13.6. The molecule has 1 aromatic rings. The van der Waals surface area contributed by atoms with Crippen LogP contribution in [0.25, 0.3) is 0 Å². The zero-order valence-electron chi connectivity index (χ0n) is 14.3. The van der Waals surface area contributed by atoms with Crippen LogP contribution in [0.3, 0.4) is 0 Å². The third kappa shape index (κ3) is 4.70. The van der Waals surface area contributed by atoms with Gasteiger partial charge in [0.05, 0.1) is 6.04 Å². The average molecular weight is 355 g/mol. The van der Waals surface area contributed by atoms with Gasteiger partial charge < -0.3 is 10.6 Å². The van der Waals surface area contributed by atoms with Gasteiger partial charge in [-0.05, 0) is 62.8 Å². The maximum absolute atomic E-state index is 13.6. The van der Waals surface area contributed by atoms with E-state index in [-0.39, 0.29) is 36.1 Å². The molecular formula is C19H28ClFN2O. The molecule has 2 aliphatic rings. The highest BCUT2D eigenvalue weighted by Crippen LogP contribution is 2.36. The molecule has 1 heterocycles. The van der Waals surface area contributed by atoms with Crippen molar-refractivity contribution in [2.24, 2.45) is 11.8 Å². The first-order valence-electron chi connectivity index (χ1n) is 8.92. The number of carbonyl (C=O) groups excluding carboxylic acids is 1. The lowest BCUT2D eigenvalue weighted by Crippen LogP contribution is -2.44. The van der Waals surface area contributed by atoms with Gasteiger partial charge in [0.2, 0.25) is 5.91 Å². The first kappa shape index (κ1) is 19.2.